The van der Waals surface area contributed by atoms with Gasteiger partial charge in [0.15, 0.2) is 0 Å². The molecule has 0 spiro atoms. The molecule has 0 aliphatic carbocycles. The first kappa shape index (κ1) is 12.6. The van der Waals surface area contributed by atoms with Crippen LogP contribution in [0.1, 0.15) is 30.6 Å². The van der Waals surface area contributed by atoms with Crippen LogP contribution < -0.4 is 0 Å². The molecule has 1 aromatic heterocycles. The molecule has 0 radical (unpaired) electrons. The van der Waals surface area contributed by atoms with E-state index in [0.717, 1.165) is 11.4 Å². The summed E-state index contributed by atoms with van der Waals surface area (Å²) in [5, 5.41) is 3.32. The number of rotatable bonds is 4. The lowest BCUT2D eigenvalue weighted by molar-refractivity contribution is 0.221. The van der Waals surface area contributed by atoms with Crippen molar-refractivity contribution in [2.45, 2.75) is 38.1 Å². The molecule has 3 heteroatoms. The molecule has 1 aliphatic rings. The van der Waals surface area contributed by atoms with Crippen LogP contribution >= 0.6 is 27.3 Å². The molecule has 1 nitrogen and oxygen atoms in total. The maximum absolute atomic E-state index is 3.67. The van der Waals surface area contributed by atoms with E-state index in [1.165, 1.54) is 50.1 Å². The molecule has 1 saturated heterocycles. The lowest BCUT2D eigenvalue weighted by atomic mass is 10.1. The first-order valence-corrected chi connectivity index (χ1v) is 8.22. The molecule has 0 aromatic carbocycles. The average molecular weight is 302 g/mol. The standard InChI is InChI=1S/C13H20BrNS/c14-11-12-5-2-1-3-8-15(12)9-7-13-6-4-10-16-13/h4,6,10,12H,1-3,5,7-9,11H2. The molecule has 0 N–H and O–H groups in total. The van der Waals surface area contributed by atoms with Gasteiger partial charge >= 0.3 is 0 Å². The van der Waals surface area contributed by atoms with Gasteiger partial charge in [-0.15, -0.1) is 11.3 Å². The Labute approximate surface area is 111 Å². The summed E-state index contributed by atoms with van der Waals surface area (Å²) in [7, 11) is 0. The normalized spacial score (nSPS) is 23.2. The van der Waals surface area contributed by atoms with Crippen molar-refractivity contribution in [3.63, 3.8) is 0 Å². The van der Waals surface area contributed by atoms with Gasteiger partial charge in [0.1, 0.15) is 0 Å². The first-order valence-electron chi connectivity index (χ1n) is 6.22. The van der Waals surface area contributed by atoms with Crippen LogP contribution in [0, 0.1) is 0 Å². The van der Waals surface area contributed by atoms with Crippen molar-refractivity contribution < 1.29 is 0 Å². The molecule has 90 valence electrons. The predicted molar refractivity (Wildman–Crippen MR) is 75.6 cm³/mol. The number of likely N-dealkylation sites (tertiary alicyclic amines) is 1. The smallest absolute Gasteiger partial charge is 0.0192 e. The molecular formula is C13H20BrNS. The summed E-state index contributed by atoms with van der Waals surface area (Å²) in [6, 6.07) is 5.18. The van der Waals surface area contributed by atoms with Crippen LogP contribution in [-0.4, -0.2) is 29.4 Å². The molecule has 2 rings (SSSR count). The molecule has 1 aliphatic heterocycles. The number of alkyl halides is 1. The third-order valence-electron chi connectivity index (χ3n) is 3.40. The lowest BCUT2D eigenvalue weighted by Gasteiger charge is -2.28. The minimum absolute atomic E-state index is 0.766. The highest BCUT2D eigenvalue weighted by Crippen LogP contribution is 2.19. The molecular weight excluding hydrogens is 282 g/mol. The van der Waals surface area contributed by atoms with E-state index in [1.54, 1.807) is 0 Å². The van der Waals surface area contributed by atoms with Crippen LogP contribution in [0.15, 0.2) is 17.5 Å². The minimum Gasteiger partial charge on any atom is -0.299 e. The SMILES string of the molecule is BrCC1CCCCCN1CCc1cccs1. The Morgan fingerprint density at radius 1 is 1.38 bits per heavy atom. The van der Waals surface area contributed by atoms with Crippen LogP contribution in [0.5, 0.6) is 0 Å². The second-order valence-electron chi connectivity index (χ2n) is 4.52. The van der Waals surface area contributed by atoms with Crippen molar-refractivity contribution in [3.8, 4) is 0 Å². The molecule has 1 aromatic rings. The molecule has 2 heterocycles. The van der Waals surface area contributed by atoms with E-state index in [2.05, 4.69) is 38.3 Å². The van der Waals surface area contributed by atoms with E-state index in [1.807, 2.05) is 11.3 Å². The molecule has 1 unspecified atom stereocenters. The van der Waals surface area contributed by atoms with E-state index in [4.69, 9.17) is 0 Å². The van der Waals surface area contributed by atoms with Crippen LogP contribution in [0.4, 0.5) is 0 Å². The van der Waals surface area contributed by atoms with Crippen LogP contribution in [0.25, 0.3) is 0 Å². The highest BCUT2D eigenvalue weighted by molar-refractivity contribution is 9.09. The number of halogens is 1. The van der Waals surface area contributed by atoms with Crippen LogP contribution in [0.3, 0.4) is 0 Å². The number of hydrogen-bond acceptors (Lipinski definition) is 2. The third kappa shape index (κ3) is 3.57. The maximum atomic E-state index is 3.67. The Morgan fingerprint density at radius 3 is 3.06 bits per heavy atom. The van der Waals surface area contributed by atoms with E-state index in [9.17, 15) is 0 Å². The molecule has 1 fully saturated rings. The van der Waals surface area contributed by atoms with Gasteiger partial charge in [-0.25, -0.2) is 0 Å². The second-order valence-corrected chi connectivity index (χ2v) is 6.20. The summed E-state index contributed by atoms with van der Waals surface area (Å²) in [4.78, 5) is 4.21. The van der Waals surface area contributed by atoms with Crippen molar-refractivity contribution in [1.82, 2.24) is 4.90 Å². The first-order chi connectivity index (χ1) is 7.90. The summed E-state index contributed by atoms with van der Waals surface area (Å²) in [5.41, 5.74) is 0. The fourth-order valence-corrected chi connectivity index (χ4v) is 3.85. The van der Waals surface area contributed by atoms with E-state index in [-0.39, 0.29) is 0 Å². The summed E-state index contributed by atoms with van der Waals surface area (Å²) in [6.45, 7) is 2.53. The molecule has 0 saturated carbocycles. The Bertz CT molecular complexity index is 286. The van der Waals surface area contributed by atoms with Gasteiger partial charge < -0.3 is 0 Å². The summed E-state index contributed by atoms with van der Waals surface area (Å²) < 4.78 is 0. The van der Waals surface area contributed by atoms with Crippen molar-refractivity contribution in [3.05, 3.63) is 22.4 Å². The van der Waals surface area contributed by atoms with Gasteiger partial charge in [-0.2, -0.15) is 0 Å². The van der Waals surface area contributed by atoms with Crippen LogP contribution in [-0.2, 0) is 6.42 Å². The van der Waals surface area contributed by atoms with E-state index >= 15 is 0 Å². The fourth-order valence-electron chi connectivity index (χ4n) is 2.41. The minimum atomic E-state index is 0.766. The van der Waals surface area contributed by atoms with Gasteiger partial charge in [-0.3, -0.25) is 4.90 Å². The van der Waals surface area contributed by atoms with Crippen molar-refractivity contribution >= 4 is 27.3 Å². The zero-order valence-corrected chi connectivity index (χ0v) is 12.1. The quantitative estimate of drug-likeness (QED) is 0.762. The van der Waals surface area contributed by atoms with Crippen molar-refractivity contribution in [2.75, 3.05) is 18.4 Å². The van der Waals surface area contributed by atoms with Crippen molar-refractivity contribution in [2.24, 2.45) is 0 Å². The van der Waals surface area contributed by atoms with Gasteiger partial charge in [0.05, 0.1) is 0 Å². The Hall–Kier alpha value is 0.140. The predicted octanol–water partition coefficient (Wildman–Crippen LogP) is 3.93. The third-order valence-corrected chi connectivity index (χ3v) is 5.09. The summed E-state index contributed by atoms with van der Waals surface area (Å²) in [6.07, 6.45) is 6.80. The van der Waals surface area contributed by atoms with Gasteiger partial charge in [0.2, 0.25) is 0 Å². The second kappa shape index (κ2) is 6.77. The number of thiophene rings is 1. The zero-order valence-electron chi connectivity index (χ0n) is 9.70. The van der Waals surface area contributed by atoms with Gasteiger partial charge in [0, 0.05) is 22.8 Å². The topological polar surface area (TPSA) is 3.24 Å². The van der Waals surface area contributed by atoms with E-state index in [0.29, 0.717) is 0 Å². The highest BCUT2D eigenvalue weighted by Gasteiger charge is 2.19. The highest BCUT2D eigenvalue weighted by atomic mass is 79.9. The summed E-state index contributed by atoms with van der Waals surface area (Å²) >= 11 is 5.55. The lowest BCUT2D eigenvalue weighted by Crippen LogP contribution is -2.37. The average Bonchev–Trinajstić information content (AvgIpc) is 2.71. The number of nitrogens with zero attached hydrogens (tertiary/aromatic N) is 1. The Morgan fingerprint density at radius 2 is 2.31 bits per heavy atom. The Balaban J connectivity index is 1.85. The molecule has 0 bridgehead atoms. The maximum Gasteiger partial charge on any atom is 0.0192 e. The van der Waals surface area contributed by atoms with Gasteiger partial charge in [-0.05, 0) is 37.3 Å². The summed E-state index contributed by atoms with van der Waals surface area (Å²) in [5.74, 6) is 0. The monoisotopic (exact) mass is 301 g/mol. The molecule has 1 atom stereocenters. The zero-order chi connectivity index (χ0) is 11.2. The molecule has 16 heavy (non-hydrogen) atoms. The van der Waals surface area contributed by atoms with Gasteiger partial charge in [-0.1, -0.05) is 34.8 Å². The fraction of sp³-hybridized carbons (Fsp3) is 0.692. The Kier molecular flexibility index (Phi) is 5.33. The van der Waals surface area contributed by atoms with Crippen LogP contribution in [0.2, 0.25) is 0 Å². The molecule has 0 amide bonds. The van der Waals surface area contributed by atoms with Crippen molar-refractivity contribution in [1.29, 1.82) is 0 Å². The van der Waals surface area contributed by atoms with Gasteiger partial charge in [0.25, 0.3) is 0 Å². The largest absolute Gasteiger partial charge is 0.299 e. The van der Waals surface area contributed by atoms with E-state index < -0.39 is 0 Å². The number of hydrogen-bond donors (Lipinski definition) is 0.